The van der Waals surface area contributed by atoms with Gasteiger partial charge in [-0.2, -0.15) is 0 Å². The first kappa shape index (κ1) is 15.3. The van der Waals surface area contributed by atoms with Crippen molar-refractivity contribution in [3.63, 3.8) is 0 Å². The van der Waals surface area contributed by atoms with Crippen LogP contribution in [-0.4, -0.2) is 61.2 Å². The normalized spacial score (nSPS) is 26.4. The van der Waals surface area contributed by atoms with Gasteiger partial charge in [-0.05, 0) is 64.8 Å². The average molecular weight is 267 g/mol. The van der Waals surface area contributed by atoms with E-state index in [9.17, 15) is 0 Å². The Morgan fingerprint density at radius 2 is 1.84 bits per heavy atom. The lowest BCUT2D eigenvalue weighted by atomic mass is 10.1. The molecule has 1 N–H and O–H groups in total. The van der Waals surface area contributed by atoms with Gasteiger partial charge in [0.2, 0.25) is 0 Å². The first-order valence-corrected chi connectivity index (χ1v) is 8.45. The molecule has 3 heteroatoms. The van der Waals surface area contributed by atoms with Crippen LogP contribution >= 0.6 is 0 Å². The second-order valence-electron chi connectivity index (χ2n) is 6.66. The number of unbranched alkanes of at least 4 members (excludes halogenated alkanes) is 1. The molecule has 0 amide bonds. The van der Waals surface area contributed by atoms with E-state index < -0.39 is 0 Å². The van der Waals surface area contributed by atoms with Crippen LogP contribution in [0.3, 0.4) is 0 Å². The molecule has 112 valence electrons. The van der Waals surface area contributed by atoms with E-state index in [0.717, 1.165) is 6.04 Å². The van der Waals surface area contributed by atoms with Crippen molar-refractivity contribution in [3.05, 3.63) is 0 Å². The summed E-state index contributed by atoms with van der Waals surface area (Å²) in [4.78, 5) is 5.44. The Labute approximate surface area is 119 Å². The quantitative estimate of drug-likeness (QED) is 0.714. The number of hydrogen-bond acceptors (Lipinski definition) is 3. The van der Waals surface area contributed by atoms with E-state index in [1.165, 1.54) is 77.8 Å². The molecule has 0 saturated carbocycles. The summed E-state index contributed by atoms with van der Waals surface area (Å²) in [6.45, 7) is 12.3. The van der Waals surface area contributed by atoms with Crippen LogP contribution in [0.25, 0.3) is 0 Å². The molecule has 0 radical (unpaired) electrons. The SMILES string of the molecule is CC(C)NCCCCN1CCC(N2CCCCC2)C1. The van der Waals surface area contributed by atoms with Crippen LogP contribution in [-0.2, 0) is 0 Å². The summed E-state index contributed by atoms with van der Waals surface area (Å²) in [6, 6.07) is 1.50. The average Bonchev–Trinajstić information content (AvgIpc) is 2.88. The molecular weight excluding hydrogens is 234 g/mol. The third-order valence-electron chi connectivity index (χ3n) is 4.61. The number of nitrogens with one attached hydrogen (secondary N) is 1. The zero-order chi connectivity index (χ0) is 13.5. The molecule has 2 heterocycles. The third-order valence-corrected chi connectivity index (χ3v) is 4.61. The van der Waals surface area contributed by atoms with E-state index in [4.69, 9.17) is 0 Å². The molecule has 2 aliphatic heterocycles. The maximum atomic E-state index is 3.50. The van der Waals surface area contributed by atoms with Crippen LogP contribution in [0.2, 0.25) is 0 Å². The van der Waals surface area contributed by atoms with Gasteiger partial charge in [-0.15, -0.1) is 0 Å². The second-order valence-corrected chi connectivity index (χ2v) is 6.66. The smallest absolute Gasteiger partial charge is 0.0235 e. The monoisotopic (exact) mass is 267 g/mol. The van der Waals surface area contributed by atoms with Crippen LogP contribution in [0.4, 0.5) is 0 Å². The lowest BCUT2D eigenvalue weighted by Gasteiger charge is -2.32. The van der Waals surface area contributed by atoms with Gasteiger partial charge >= 0.3 is 0 Å². The molecule has 19 heavy (non-hydrogen) atoms. The number of hydrogen-bond donors (Lipinski definition) is 1. The molecule has 2 aliphatic rings. The first-order chi connectivity index (χ1) is 9.25. The summed E-state index contributed by atoms with van der Waals surface area (Å²) in [5, 5.41) is 3.50. The lowest BCUT2D eigenvalue weighted by Crippen LogP contribution is -2.41. The zero-order valence-corrected chi connectivity index (χ0v) is 13.0. The van der Waals surface area contributed by atoms with Gasteiger partial charge in [0, 0.05) is 18.6 Å². The first-order valence-electron chi connectivity index (χ1n) is 8.45. The lowest BCUT2D eigenvalue weighted by molar-refractivity contribution is 0.162. The van der Waals surface area contributed by atoms with Gasteiger partial charge in [0.25, 0.3) is 0 Å². The van der Waals surface area contributed by atoms with Crippen LogP contribution in [0.15, 0.2) is 0 Å². The number of likely N-dealkylation sites (tertiary alicyclic amines) is 2. The zero-order valence-electron chi connectivity index (χ0n) is 13.0. The Bertz CT molecular complexity index is 236. The molecule has 2 rings (SSSR count). The van der Waals surface area contributed by atoms with Crippen LogP contribution in [0, 0.1) is 0 Å². The van der Waals surface area contributed by atoms with Gasteiger partial charge in [-0.1, -0.05) is 20.3 Å². The van der Waals surface area contributed by atoms with E-state index in [-0.39, 0.29) is 0 Å². The molecule has 0 aromatic carbocycles. The highest BCUT2D eigenvalue weighted by Crippen LogP contribution is 2.20. The van der Waals surface area contributed by atoms with Crippen molar-refractivity contribution < 1.29 is 0 Å². The molecule has 0 aromatic rings. The Hall–Kier alpha value is -0.120. The highest BCUT2D eigenvalue weighted by atomic mass is 15.3. The second kappa shape index (κ2) is 8.23. The molecule has 0 aliphatic carbocycles. The highest BCUT2D eigenvalue weighted by molar-refractivity contribution is 4.84. The maximum absolute atomic E-state index is 3.50. The summed E-state index contributed by atoms with van der Waals surface area (Å²) in [7, 11) is 0. The fourth-order valence-corrected chi connectivity index (χ4v) is 3.45. The molecule has 0 bridgehead atoms. The summed E-state index contributed by atoms with van der Waals surface area (Å²) < 4.78 is 0. The molecule has 3 nitrogen and oxygen atoms in total. The van der Waals surface area contributed by atoms with Gasteiger partial charge in [-0.25, -0.2) is 0 Å². The molecule has 0 aromatic heterocycles. The van der Waals surface area contributed by atoms with Gasteiger partial charge in [0.1, 0.15) is 0 Å². The highest BCUT2D eigenvalue weighted by Gasteiger charge is 2.27. The maximum Gasteiger partial charge on any atom is 0.0235 e. The standard InChI is InChI=1S/C16H33N3/c1-15(2)17-9-4-7-10-18-13-8-16(14-18)19-11-5-3-6-12-19/h15-17H,3-14H2,1-2H3. The summed E-state index contributed by atoms with van der Waals surface area (Å²) in [5.41, 5.74) is 0. The summed E-state index contributed by atoms with van der Waals surface area (Å²) >= 11 is 0. The van der Waals surface area contributed by atoms with E-state index >= 15 is 0 Å². The molecule has 1 unspecified atom stereocenters. The van der Waals surface area contributed by atoms with Crippen LogP contribution < -0.4 is 5.32 Å². The minimum Gasteiger partial charge on any atom is -0.315 e. The van der Waals surface area contributed by atoms with Crippen molar-refractivity contribution in [2.75, 3.05) is 39.3 Å². The van der Waals surface area contributed by atoms with Crippen molar-refractivity contribution in [1.82, 2.24) is 15.1 Å². The van der Waals surface area contributed by atoms with Crippen molar-refractivity contribution >= 4 is 0 Å². The van der Waals surface area contributed by atoms with Crippen molar-refractivity contribution in [1.29, 1.82) is 0 Å². The van der Waals surface area contributed by atoms with Crippen LogP contribution in [0.5, 0.6) is 0 Å². The largest absolute Gasteiger partial charge is 0.315 e. The molecule has 2 saturated heterocycles. The third kappa shape index (κ3) is 5.41. The van der Waals surface area contributed by atoms with E-state index in [1.807, 2.05) is 0 Å². The summed E-state index contributed by atoms with van der Waals surface area (Å²) in [5.74, 6) is 0. The Morgan fingerprint density at radius 3 is 2.58 bits per heavy atom. The van der Waals surface area contributed by atoms with Crippen molar-refractivity contribution in [2.24, 2.45) is 0 Å². The van der Waals surface area contributed by atoms with Gasteiger partial charge in [-0.3, -0.25) is 4.90 Å². The topological polar surface area (TPSA) is 18.5 Å². The van der Waals surface area contributed by atoms with Gasteiger partial charge < -0.3 is 10.2 Å². The Kier molecular flexibility index (Phi) is 6.62. The molecule has 0 spiro atoms. The van der Waals surface area contributed by atoms with Gasteiger partial charge in [0.15, 0.2) is 0 Å². The molecular formula is C16H33N3. The minimum absolute atomic E-state index is 0.635. The van der Waals surface area contributed by atoms with Crippen molar-refractivity contribution in [3.8, 4) is 0 Å². The predicted octanol–water partition coefficient (Wildman–Crippen LogP) is 2.32. The molecule has 2 fully saturated rings. The minimum atomic E-state index is 0.635. The molecule has 1 atom stereocenters. The predicted molar refractivity (Wildman–Crippen MR) is 82.6 cm³/mol. The van der Waals surface area contributed by atoms with Crippen LogP contribution in [0.1, 0.15) is 52.4 Å². The summed E-state index contributed by atoms with van der Waals surface area (Å²) in [6.07, 6.45) is 8.39. The Balaban J connectivity index is 1.54. The Morgan fingerprint density at radius 1 is 1.05 bits per heavy atom. The van der Waals surface area contributed by atoms with E-state index in [0.29, 0.717) is 6.04 Å². The number of nitrogens with zero attached hydrogens (tertiary/aromatic N) is 2. The number of piperidine rings is 1. The van der Waals surface area contributed by atoms with Gasteiger partial charge in [0.05, 0.1) is 0 Å². The number of rotatable bonds is 7. The fraction of sp³-hybridized carbons (Fsp3) is 1.00. The van der Waals surface area contributed by atoms with E-state index in [1.54, 1.807) is 0 Å². The van der Waals surface area contributed by atoms with Crippen molar-refractivity contribution in [2.45, 2.75) is 64.5 Å². The van der Waals surface area contributed by atoms with E-state index in [2.05, 4.69) is 29.0 Å². The fourth-order valence-electron chi connectivity index (χ4n) is 3.45.